The number of nitrogens with two attached hydrogens (primary N) is 1. The quantitative estimate of drug-likeness (QED) is 0.555. The maximum atomic E-state index is 14.0. The van der Waals surface area contributed by atoms with Gasteiger partial charge in [0.05, 0.1) is 6.07 Å². The van der Waals surface area contributed by atoms with Crippen LogP contribution in [0.4, 0.5) is 0 Å². The third kappa shape index (κ3) is 4.49. The maximum absolute atomic E-state index is 14.0. The van der Waals surface area contributed by atoms with Gasteiger partial charge in [-0.25, -0.2) is 0 Å². The van der Waals surface area contributed by atoms with Crippen LogP contribution in [0, 0.1) is 17.2 Å². The zero-order valence-electron chi connectivity index (χ0n) is 17.4. The summed E-state index contributed by atoms with van der Waals surface area (Å²) in [6.45, 7) is 1.70. The van der Waals surface area contributed by atoms with Gasteiger partial charge in [-0.15, -0.1) is 0 Å². The van der Waals surface area contributed by atoms with E-state index in [9.17, 15) is 14.9 Å². The van der Waals surface area contributed by atoms with Crippen molar-refractivity contribution in [2.24, 2.45) is 11.7 Å². The van der Waals surface area contributed by atoms with E-state index in [1.165, 1.54) is 0 Å². The molecule has 0 radical (unpaired) electrons. The van der Waals surface area contributed by atoms with Crippen LogP contribution in [0.2, 0.25) is 0 Å². The van der Waals surface area contributed by atoms with E-state index in [4.69, 9.17) is 5.73 Å². The highest BCUT2D eigenvalue weighted by molar-refractivity contribution is 5.98. The molecule has 3 aromatic carbocycles. The summed E-state index contributed by atoms with van der Waals surface area (Å²) < 4.78 is 0. The molecule has 5 nitrogen and oxygen atoms in total. The van der Waals surface area contributed by atoms with Crippen molar-refractivity contribution < 1.29 is 9.59 Å². The highest BCUT2D eigenvalue weighted by Gasteiger charge is 2.44. The lowest BCUT2D eigenvalue weighted by molar-refractivity contribution is -0.129. The molecular weight excluding hydrogens is 386 g/mol. The van der Waals surface area contributed by atoms with Crippen LogP contribution in [0.1, 0.15) is 30.0 Å². The monoisotopic (exact) mass is 411 g/mol. The summed E-state index contributed by atoms with van der Waals surface area (Å²) >= 11 is 0. The molecule has 3 N–H and O–H groups in total. The average molecular weight is 412 g/mol. The second-order valence-corrected chi connectivity index (χ2v) is 7.54. The number of rotatable bonds is 8. The van der Waals surface area contributed by atoms with Crippen molar-refractivity contribution in [1.29, 1.82) is 5.26 Å². The molecule has 3 rings (SSSR count). The van der Waals surface area contributed by atoms with Gasteiger partial charge in [-0.1, -0.05) is 91.0 Å². The summed E-state index contributed by atoms with van der Waals surface area (Å²) in [4.78, 5) is 26.2. The van der Waals surface area contributed by atoms with Crippen molar-refractivity contribution >= 4 is 11.8 Å². The van der Waals surface area contributed by atoms with E-state index in [1.54, 1.807) is 6.92 Å². The van der Waals surface area contributed by atoms with Crippen LogP contribution >= 0.6 is 0 Å². The molecule has 2 atom stereocenters. The molecule has 0 bridgehead atoms. The third-order valence-corrected chi connectivity index (χ3v) is 5.42. The fraction of sp³-hybridized carbons (Fsp3) is 0.192. The van der Waals surface area contributed by atoms with Crippen LogP contribution in [-0.4, -0.2) is 17.9 Å². The van der Waals surface area contributed by atoms with Gasteiger partial charge in [0.2, 0.25) is 11.8 Å². The Bertz CT molecular complexity index is 963. The van der Waals surface area contributed by atoms with Crippen LogP contribution in [0.5, 0.6) is 0 Å². The van der Waals surface area contributed by atoms with Gasteiger partial charge in [0.1, 0.15) is 11.5 Å². The summed E-state index contributed by atoms with van der Waals surface area (Å²) in [5.41, 5.74) is 6.68. The van der Waals surface area contributed by atoms with Crippen LogP contribution < -0.4 is 11.1 Å². The van der Waals surface area contributed by atoms with Gasteiger partial charge in [-0.2, -0.15) is 5.26 Å². The second-order valence-electron chi connectivity index (χ2n) is 7.54. The predicted octanol–water partition coefficient (Wildman–Crippen LogP) is 3.54. The van der Waals surface area contributed by atoms with E-state index < -0.39 is 23.3 Å². The number of nitriles is 1. The number of carbonyl (C=O) groups excluding carboxylic acids is 2. The Morgan fingerprint density at radius 3 is 1.58 bits per heavy atom. The molecule has 0 heterocycles. The lowest BCUT2D eigenvalue weighted by Crippen LogP contribution is -2.53. The van der Waals surface area contributed by atoms with Gasteiger partial charge >= 0.3 is 0 Å². The van der Waals surface area contributed by atoms with E-state index in [2.05, 4.69) is 11.4 Å². The van der Waals surface area contributed by atoms with Crippen molar-refractivity contribution in [1.82, 2.24) is 5.32 Å². The van der Waals surface area contributed by atoms with Crippen molar-refractivity contribution in [3.8, 4) is 6.07 Å². The van der Waals surface area contributed by atoms with Crippen molar-refractivity contribution in [3.63, 3.8) is 0 Å². The molecule has 0 unspecified atom stereocenters. The van der Waals surface area contributed by atoms with Crippen molar-refractivity contribution in [2.75, 3.05) is 0 Å². The molecule has 0 fully saturated rings. The molecule has 3 aromatic rings. The number of nitrogens with zero attached hydrogens (tertiary/aromatic N) is 1. The SMILES string of the molecule is C[C@@H](C#N)C[C@H](NC(=O)C(c1ccccc1)(c1ccccc1)c1ccccc1)C(N)=O. The Kier molecular flexibility index (Phi) is 6.84. The number of primary amides is 1. The first-order valence-corrected chi connectivity index (χ1v) is 10.2. The van der Waals surface area contributed by atoms with Gasteiger partial charge in [0.25, 0.3) is 0 Å². The highest BCUT2D eigenvalue weighted by Crippen LogP contribution is 2.39. The smallest absolute Gasteiger partial charge is 0.240 e. The first-order chi connectivity index (χ1) is 15.0. The van der Waals surface area contributed by atoms with Crippen LogP contribution in [0.3, 0.4) is 0 Å². The lowest BCUT2D eigenvalue weighted by atomic mass is 9.68. The minimum Gasteiger partial charge on any atom is -0.368 e. The molecule has 2 amide bonds. The maximum Gasteiger partial charge on any atom is 0.240 e. The summed E-state index contributed by atoms with van der Waals surface area (Å²) in [5, 5.41) is 12.0. The fourth-order valence-corrected chi connectivity index (χ4v) is 3.88. The predicted molar refractivity (Wildman–Crippen MR) is 120 cm³/mol. The van der Waals surface area contributed by atoms with Crippen LogP contribution in [-0.2, 0) is 15.0 Å². The highest BCUT2D eigenvalue weighted by atomic mass is 16.2. The molecule has 0 saturated carbocycles. The normalized spacial score (nSPS) is 12.9. The van der Waals surface area contributed by atoms with Gasteiger partial charge in [0, 0.05) is 5.92 Å². The average Bonchev–Trinajstić information content (AvgIpc) is 2.81. The Hall–Kier alpha value is -3.91. The summed E-state index contributed by atoms with van der Waals surface area (Å²) in [6.07, 6.45) is 0.145. The Labute approximate surface area is 182 Å². The molecule has 0 aliphatic rings. The Morgan fingerprint density at radius 1 is 0.871 bits per heavy atom. The lowest BCUT2D eigenvalue weighted by Gasteiger charge is -2.35. The standard InChI is InChI=1S/C26H25N3O2/c1-19(18-27)17-23(24(28)30)29-25(31)26(20-11-5-2-6-12-20,21-13-7-3-8-14-21)22-15-9-4-10-16-22/h2-16,19,23H,17H2,1H3,(H2,28,30)(H,29,31)/t19-,23+/m1/s1. The molecule has 0 spiro atoms. The molecular formula is C26H25N3O2. The molecule has 31 heavy (non-hydrogen) atoms. The molecule has 0 aliphatic heterocycles. The first kappa shape index (κ1) is 21.8. The molecule has 0 saturated heterocycles. The molecule has 156 valence electrons. The van der Waals surface area contributed by atoms with Gasteiger partial charge < -0.3 is 11.1 Å². The summed E-state index contributed by atoms with van der Waals surface area (Å²) in [5.74, 6) is -1.47. The Balaban J connectivity index is 2.21. The van der Waals surface area contributed by atoms with Crippen molar-refractivity contribution in [2.45, 2.75) is 24.8 Å². The number of hydrogen-bond acceptors (Lipinski definition) is 3. The fourth-order valence-electron chi connectivity index (χ4n) is 3.88. The molecule has 0 aliphatic carbocycles. The van der Waals surface area contributed by atoms with E-state index in [0.717, 1.165) is 16.7 Å². The van der Waals surface area contributed by atoms with Crippen LogP contribution in [0.25, 0.3) is 0 Å². The minimum absolute atomic E-state index is 0.145. The zero-order valence-corrected chi connectivity index (χ0v) is 17.4. The van der Waals surface area contributed by atoms with E-state index in [-0.39, 0.29) is 12.3 Å². The first-order valence-electron chi connectivity index (χ1n) is 10.2. The number of hydrogen-bond donors (Lipinski definition) is 2. The summed E-state index contributed by atoms with van der Waals surface area (Å²) in [6, 6.07) is 29.5. The van der Waals surface area contributed by atoms with Crippen molar-refractivity contribution in [3.05, 3.63) is 108 Å². The Morgan fingerprint density at radius 2 is 1.26 bits per heavy atom. The van der Waals surface area contributed by atoms with Crippen LogP contribution in [0.15, 0.2) is 91.0 Å². The number of benzene rings is 3. The largest absolute Gasteiger partial charge is 0.368 e. The second kappa shape index (κ2) is 9.73. The van der Waals surface area contributed by atoms with Gasteiger partial charge in [-0.05, 0) is 30.0 Å². The number of nitrogens with one attached hydrogen (secondary N) is 1. The summed E-state index contributed by atoms with van der Waals surface area (Å²) in [7, 11) is 0. The molecule has 0 aromatic heterocycles. The van der Waals surface area contributed by atoms with Gasteiger partial charge in [-0.3, -0.25) is 9.59 Å². The minimum atomic E-state index is -1.20. The third-order valence-electron chi connectivity index (χ3n) is 5.42. The van der Waals surface area contributed by atoms with E-state index in [1.807, 2.05) is 91.0 Å². The molecule has 5 heteroatoms. The zero-order chi connectivity index (χ0) is 22.3. The number of amides is 2. The number of carbonyl (C=O) groups is 2. The van der Waals surface area contributed by atoms with E-state index >= 15 is 0 Å². The topological polar surface area (TPSA) is 96.0 Å². The van der Waals surface area contributed by atoms with Gasteiger partial charge in [0.15, 0.2) is 0 Å². The van der Waals surface area contributed by atoms with E-state index in [0.29, 0.717) is 0 Å².